The van der Waals surface area contributed by atoms with E-state index >= 15 is 0 Å². The summed E-state index contributed by atoms with van der Waals surface area (Å²) in [6, 6.07) is 0. The molecule has 1 atom stereocenters. The van der Waals surface area contributed by atoms with E-state index in [1.807, 2.05) is 13.8 Å². The van der Waals surface area contributed by atoms with E-state index in [2.05, 4.69) is 5.32 Å². The highest BCUT2D eigenvalue weighted by Gasteiger charge is 2.11. The van der Waals surface area contributed by atoms with Crippen LogP contribution in [0.4, 0.5) is 0 Å². The molecule has 0 aliphatic heterocycles. The smallest absolute Gasteiger partial charge is 0.137 e. The van der Waals surface area contributed by atoms with Gasteiger partial charge in [0, 0.05) is 32.6 Å². The van der Waals surface area contributed by atoms with Gasteiger partial charge in [0.1, 0.15) is 5.78 Å². The fraction of sp³-hybridized carbons (Fsp3) is 0.900. The lowest BCUT2D eigenvalue weighted by molar-refractivity contribution is -0.122. The molecule has 0 heterocycles. The predicted octanol–water partition coefficient (Wildman–Crippen LogP) is 1.23. The Kier molecular flexibility index (Phi) is 7.94. The molecule has 0 saturated carbocycles. The van der Waals surface area contributed by atoms with Crippen LogP contribution >= 0.6 is 0 Å². The van der Waals surface area contributed by atoms with Crippen LogP contribution in [0.1, 0.15) is 26.7 Å². The largest absolute Gasteiger partial charge is 0.385 e. The summed E-state index contributed by atoms with van der Waals surface area (Å²) in [7, 11) is 1.66. The maximum absolute atomic E-state index is 11.4. The number of rotatable bonds is 8. The highest BCUT2D eigenvalue weighted by molar-refractivity contribution is 5.80. The molecule has 78 valence electrons. The monoisotopic (exact) mass is 187 g/mol. The number of ether oxygens (including phenoxy) is 1. The molecular formula is C10H21NO2. The van der Waals surface area contributed by atoms with Crippen LogP contribution in [-0.4, -0.2) is 32.6 Å². The van der Waals surface area contributed by atoms with Crippen molar-refractivity contribution >= 4 is 5.78 Å². The van der Waals surface area contributed by atoms with Crippen molar-refractivity contribution in [3.05, 3.63) is 0 Å². The van der Waals surface area contributed by atoms with Gasteiger partial charge in [-0.25, -0.2) is 0 Å². The van der Waals surface area contributed by atoms with Crippen molar-refractivity contribution in [1.82, 2.24) is 5.32 Å². The zero-order chi connectivity index (χ0) is 10.1. The van der Waals surface area contributed by atoms with E-state index in [-0.39, 0.29) is 5.92 Å². The summed E-state index contributed by atoms with van der Waals surface area (Å²) in [5, 5.41) is 3.14. The number of Topliss-reactive ketones (excluding diaryl/α,β-unsaturated/α-hetero) is 1. The molecule has 0 aromatic rings. The van der Waals surface area contributed by atoms with Crippen molar-refractivity contribution < 1.29 is 9.53 Å². The van der Waals surface area contributed by atoms with Gasteiger partial charge >= 0.3 is 0 Å². The number of hydrogen-bond donors (Lipinski definition) is 1. The molecule has 0 amide bonds. The van der Waals surface area contributed by atoms with Crippen molar-refractivity contribution in [3.63, 3.8) is 0 Å². The Morgan fingerprint density at radius 2 is 2.23 bits per heavy atom. The Balaban J connectivity index is 3.45. The predicted molar refractivity (Wildman–Crippen MR) is 53.8 cm³/mol. The molecule has 0 aromatic heterocycles. The summed E-state index contributed by atoms with van der Waals surface area (Å²) in [5.74, 6) is 0.469. The molecule has 3 nitrogen and oxygen atoms in total. The number of nitrogens with one attached hydrogen (secondary N) is 1. The molecule has 0 spiro atoms. The van der Waals surface area contributed by atoms with Crippen LogP contribution in [-0.2, 0) is 9.53 Å². The van der Waals surface area contributed by atoms with E-state index in [9.17, 15) is 4.79 Å². The highest BCUT2D eigenvalue weighted by atomic mass is 16.5. The summed E-state index contributed by atoms with van der Waals surface area (Å²) in [5.41, 5.74) is 0. The van der Waals surface area contributed by atoms with Crippen molar-refractivity contribution in [2.24, 2.45) is 5.92 Å². The Labute approximate surface area is 80.8 Å². The third kappa shape index (κ3) is 6.72. The van der Waals surface area contributed by atoms with Gasteiger partial charge in [-0.05, 0) is 13.0 Å². The Morgan fingerprint density at radius 3 is 2.77 bits per heavy atom. The Bertz CT molecular complexity index is 137. The lowest BCUT2D eigenvalue weighted by Crippen LogP contribution is -2.21. The molecule has 0 bridgehead atoms. The van der Waals surface area contributed by atoms with E-state index < -0.39 is 0 Å². The van der Waals surface area contributed by atoms with Crippen LogP contribution in [0, 0.1) is 5.92 Å². The number of hydrogen-bond acceptors (Lipinski definition) is 3. The van der Waals surface area contributed by atoms with Crippen LogP contribution in [0.3, 0.4) is 0 Å². The number of carbonyl (C=O) groups excluding carboxylic acids is 1. The quantitative estimate of drug-likeness (QED) is 0.581. The van der Waals surface area contributed by atoms with Crippen LogP contribution in [0.25, 0.3) is 0 Å². The average Bonchev–Trinajstić information content (AvgIpc) is 2.14. The second-order valence-electron chi connectivity index (χ2n) is 3.25. The lowest BCUT2D eigenvalue weighted by atomic mass is 10.0. The van der Waals surface area contributed by atoms with Gasteiger partial charge in [-0.1, -0.05) is 13.8 Å². The first kappa shape index (κ1) is 12.6. The third-order valence-corrected chi connectivity index (χ3v) is 2.10. The van der Waals surface area contributed by atoms with Gasteiger partial charge < -0.3 is 10.1 Å². The topological polar surface area (TPSA) is 38.3 Å². The first-order chi connectivity index (χ1) is 6.22. The Morgan fingerprint density at radius 1 is 1.54 bits per heavy atom. The zero-order valence-electron chi connectivity index (χ0n) is 8.93. The number of carbonyl (C=O) groups is 1. The van der Waals surface area contributed by atoms with Crippen LogP contribution < -0.4 is 5.32 Å². The SMILES string of the molecule is CCNCCC(=O)C(C)CCOC. The standard InChI is InChI=1S/C10H21NO2/c1-4-11-7-5-10(12)9(2)6-8-13-3/h9,11H,4-8H2,1-3H3. The summed E-state index contributed by atoms with van der Waals surface area (Å²) < 4.78 is 4.92. The summed E-state index contributed by atoms with van der Waals surface area (Å²) in [4.78, 5) is 11.4. The molecule has 13 heavy (non-hydrogen) atoms. The molecular weight excluding hydrogens is 166 g/mol. The summed E-state index contributed by atoms with van der Waals surface area (Å²) in [6.07, 6.45) is 1.47. The fourth-order valence-electron chi connectivity index (χ4n) is 1.09. The van der Waals surface area contributed by atoms with Gasteiger partial charge in [-0.15, -0.1) is 0 Å². The van der Waals surface area contributed by atoms with Gasteiger partial charge in [0.2, 0.25) is 0 Å². The molecule has 0 rings (SSSR count). The molecule has 3 heteroatoms. The van der Waals surface area contributed by atoms with E-state index in [1.54, 1.807) is 7.11 Å². The lowest BCUT2D eigenvalue weighted by Gasteiger charge is -2.09. The number of methoxy groups -OCH3 is 1. The minimum absolute atomic E-state index is 0.138. The van der Waals surface area contributed by atoms with Crippen LogP contribution in [0.5, 0.6) is 0 Å². The first-order valence-electron chi connectivity index (χ1n) is 4.94. The first-order valence-corrected chi connectivity index (χ1v) is 4.94. The highest BCUT2D eigenvalue weighted by Crippen LogP contribution is 2.05. The number of ketones is 1. The van der Waals surface area contributed by atoms with Crippen molar-refractivity contribution in [1.29, 1.82) is 0 Å². The molecule has 0 aromatic carbocycles. The molecule has 0 fully saturated rings. The minimum Gasteiger partial charge on any atom is -0.385 e. The molecule has 0 saturated heterocycles. The van der Waals surface area contributed by atoms with E-state index in [0.29, 0.717) is 18.8 Å². The molecule has 0 radical (unpaired) electrons. The van der Waals surface area contributed by atoms with Crippen molar-refractivity contribution in [2.45, 2.75) is 26.7 Å². The van der Waals surface area contributed by atoms with Crippen LogP contribution in [0.15, 0.2) is 0 Å². The summed E-state index contributed by atoms with van der Waals surface area (Å²) in [6.45, 7) is 6.41. The molecule has 1 unspecified atom stereocenters. The zero-order valence-corrected chi connectivity index (χ0v) is 8.93. The van der Waals surface area contributed by atoms with E-state index in [4.69, 9.17) is 4.74 Å². The van der Waals surface area contributed by atoms with Gasteiger partial charge in [-0.3, -0.25) is 4.79 Å². The minimum atomic E-state index is 0.138. The average molecular weight is 187 g/mol. The van der Waals surface area contributed by atoms with Crippen molar-refractivity contribution in [2.75, 3.05) is 26.8 Å². The van der Waals surface area contributed by atoms with Crippen LogP contribution in [0.2, 0.25) is 0 Å². The van der Waals surface area contributed by atoms with Gasteiger partial charge in [-0.2, -0.15) is 0 Å². The maximum Gasteiger partial charge on any atom is 0.137 e. The molecule has 1 N–H and O–H groups in total. The Hall–Kier alpha value is -0.410. The van der Waals surface area contributed by atoms with Gasteiger partial charge in [0.15, 0.2) is 0 Å². The molecule has 0 aliphatic carbocycles. The van der Waals surface area contributed by atoms with E-state index in [0.717, 1.165) is 19.5 Å². The fourth-order valence-corrected chi connectivity index (χ4v) is 1.09. The molecule has 0 aliphatic rings. The summed E-state index contributed by atoms with van der Waals surface area (Å²) >= 11 is 0. The van der Waals surface area contributed by atoms with Gasteiger partial charge in [0.25, 0.3) is 0 Å². The van der Waals surface area contributed by atoms with Crippen molar-refractivity contribution in [3.8, 4) is 0 Å². The maximum atomic E-state index is 11.4. The normalized spacial score (nSPS) is 12.8. The van der Waals surface area contributed by atoms with E-state index in [1.165, 1.54) is 0 Å². The van der Waals surface area contributed by atoms with Gasteiger partial charge in [0.05, 0.1) is 0 Å². The second-order valence-corrected chi connectivity index (χ2v) is 3.25. The third-order valence-electron chi connectivity index (χ3n) is 2.10. The second kappa shape index (κ2) is 8.20.